The van der Waals surface area contributed by atoms with E-state index >= 15 is 0 Å². The van der Waals surface area contributed by atoms with Gasteiger partial charge >= 0.3 is 0 Å². The monoisotopic (exact) mass is 574 g/mol. The molecule has 0 aromatic carbocycles. The van der Waals surface area contributed by atoms with Crippen LogP contribution in [0.2, 0.25) is 0 Å². The minimum atomic E-state index is 0.589. The Balaban J connectivity index is 2.09. The normalized spacial score (nSPS) is 12.5. The van der Waals surface area contributed by atoms with Gasteiger partial charge in [-0.1, -0.05) is 182 Å². The van der Waals surface area contributed by atoms with Gasteiger partial charge in [0.05, 0.1) is 18.5 Å². The van der Waals surface area contributed by atoms with Gasteiger partial charge in [0, 0.05) is 0 Å². The molecule has 0 radical (unpaired) electrons. The number of hydrogen-bond acceptors (Lipinski definition) is 0. The average Bonchev–Trinajstić information content (AvgIpc) is 3.40. The largest absolute Gasteiger partial charge is 0.259 e. The summed E-state index contributed by atoms with van der Waals surface area (Å²) < 4.78 is 5.18. The molecule has 0 aliphatic heterocycles. The molecule has 0 aliphatic rings. The second-order valence-corrected chi connectivity index (χ2v) is 13.9. The molecule has 0 saturated heterocycles. The Bertz CT molecular complexity index is 661. The summed E-state index contributed by atoms with van der Waals surface area (Å²) in [6.45, 7) is 13.0. The van der Waals surface area contributed by atoms with E-state index in [4.69, 9.17) is 0 Å². The Morgan fingerprint density at radius 1 is 0.488 bits per heavy atom. The fourth-order valence-electron chi connectivity index (χ4n) is 6.72. The van der Waals surface area contributed by atoms with Crippen molar-refractivity contribution in [3.8, 4) is 0 Å². The molecular weight excluding hydrogens is 496 g/mol. The molecule has 41 heavy (non-hydrogen) atoms. The van der Waals surface area contributed by atoms with Crippen molar-refractivity contribution in [1.82, 2.24) is 4.57 Å². The SMILES string of the molecule is CCCCCCCCCCCCCCCCCC(C)[n+]1ccn(CCCCCCCCCCCCCC)c1C(C)C. The quantitative estimate of drug-likeness (QED) is 0.0617. The Kier molecular flexibility index (Phi) is 26.1. The molecule has 1 aromatic heterocycles. The van der Waals surface area contributed by atoms with E-state index in [0.29, 0.717) is 12.0 Å². The zero-order chi connectivity index (χ0) is 29.8. The predicted octanol–water partition coefficient (Wildman–Crippen LogP) is 13.4. The molecule has 0 bridgehead atoms. The topological polar surface area (TPSA) is 8.81 Å². The van der Waals surface area contributed by atoms with Gasteiger partial charge in [-0.2, -0.15) is 0 Å². The predicted molar refractivity (Wildman–Crippen MR) is 184 cm³/mol. The van der Waals surface area contributed by atoms with Crippen molar-refractivity contribution in [3.63, 3.8) is 0 Å². The summed E-state index contributed by atoms with van der Waals surface area (Å²) in [7, 11) is 0. The third kappa shape index (κ3) is 20.7. The number of hydrogen-bond donors (Lipinski definition) is 0. The minimum Gasteiger partial charge on any atom is -0.234 e. The molecule has 1 rings (SSSR count). The summed E-state index contributed by atoms with van der Waals surface area (Å²) in [5, 5.41) is 0. The lowest BCUT2D eigenvalue weighted by Crippen LogP contribution is -2.41. The number of aromatic nitrogens is 2. The Morgan fingerprint density at radius 2 is 0.829 bits per heavy atom. The minimum absolute atomic E-state index is 0.589. The van der Waals surface area contributed by atoms with E-state index < -0.39 is 0 Å². The van der Waals surface area contributed by atoms with Gasteiger partial charge < -0.3 is 0 Å². The number of aryl methyl sites for hydroxylation is 1. The van der Waals surface area contributed by atoms with E-state index in [1.165, 1.54) is 186 Å². The van der Waals surface area contributed by atoms with Crippen molar-refractivity contribution in [2.45, 2.75) is 233 Å². The third-order valence-corrected chi connectivity index (χ3v) is 9.44. The maximum absolute atomic E-state index is 2.61. The molecule has 0 spiro atoms. The van der Waals surface area contributed by atoms with Gasteiger partial charge in [0.1, 0.15) is 12.4 Å². The van der Waals surface area contributed by atoms with E-state index in [9.17, 15) is 0 Å². The first-order valence-electron chi connectivity index (χ1n) is 19.2. The smallest absolute Gasteiger partial charge is 0.234 e. The number of imidazole rings is 1. The van der Waals surface area contributed by atoms with Crippen molar-refractivity contribution in [3.05, 3.63) is 18.2 Å². The van der Waals surface area contributed by atoms with Gasteiger partial charge in [-0.3, -0.25) is 0 Å². The van der Waals surface area contributed by atoms with Crippen molar-refractivity contribution >= 4 is 0 Å². The van der Waals surface area contributed by atoms with Crippen LogP contribution in [0.4, 0.5) is 0 Å². The van der Waals surface area contributed by atoms with E-state index in [0.717, 1.165) is 0 Å². The van der Waals surface area contributed by atoms with Crippen LogP contribution in [0.3, 0.4) is 0 Å². The Morgan fingerprint density at radius 3 is 1.20 bits per heavy atom. The summed E-state index contributed by atoms with van der Waals surface area (Å²) in [4.78, 5) is 0. The van der Waals surface area contributed by atoms with Gasteiger partial charge in [-0.15, -0.1) is 0 Å². The zero-order valence-electron chi connectivity index (χ0n) is 29.2. The molecule has 1 aromatic rings. The van der Waals surface area contributed by atoms with Crippen LogP contribution in [-0.2, 0) is 6.54 Å². The van der Waals surface area contributed by atoms with Gasteiger partial charge in [0.25, 0.3) is 5.82 Å². The molecule has 1 heterocycles. The molecule has 242 valence electrons. The van der Waals surface area contributed by atoms with Crippen LogP contribution in [0.15, 0.2) is 12.4 Å². The van der Waals surface area contributed by atoms with E-state index in [2.05, 4.69) is 56.1 Å². The van der Waals surface area contributed by atoms with Crippen LogP contribution in [0.5, 0.6) is 0 Å². The summed E-state index contributed by atoms with van der Waals surface area (Å²) in [6, 6.07) is 0.623. The van der Waals surface area contributed by atoms with Crippen molar-refractivity contribution in [2.24, 2.45) is 0 Å². The van der Waals surface area contributed by atoms with Gasteiger partial charge in [-0.05, 0) is 32.6 Å². The highest BCUT2D eigenvalue weighted by molar-refractivity contribution is 4.90. The standard InChI is InChI=1S/C39H77N2/c1-6-8-10-12-14-16-18-20-21-22-23-25-27-29-31-33-38(5)41-36-35-40(39(41)37(3)4)34-32-30-28-26-24-19-17-15-13-11-9-7-2/h35-38H,6-34H2,1-5H3/q+1. The van der Waals surface area contributed by atoms with Crippen molar-refractivity contribution < 1.29 is 4.57 Å². The fourth-order valence-corrected chi connectivity index (χ4v) is 6.72. The van der Waals surface area contributed by atoms with Crippen molar-refractivity contribution in [2.75, 3.05) is 0 Å². The van der Waals surface area contributed by atoms with E-state index in [-0.39, 0.29) is 0 Å². The number of rotatable bonds is 31. The summed E-state index contributed by atoms with van der Waals surface area (Å²) in [5.41, 5.74) is 0. The fraction of sp³-hybridized carbons (Fsp3) is 0.923. The van der Waals surface area contributed by atoms with Gasteiger partial charge in [-0.25, -0.2) is 9.13 Å². The van der Waals surface area contributed by atoms with Crippen LogP contribution < -0.4 is 4.57 Å². The van der Waals surface area contributed by atoms with Crippen LogP contribution in [-0.4, -0.2) is 4.57 Å². The van der Waals surface area contributed by atoms with Crippen LogP contribution in [0, 0.1) is 0 Å². The summed E-state index contributed by atoms with van der Waals surface area (Å²) in [6.07, 6.45) is 44.9. The Hall–Kier alpha value is -0.790. The third-order valence-electron chi connectivity index (χ3n) is 9.44. The molecule has 0 amide bonds. The van der Waals surface area contributed by atoms with Gasteiger partial charge in [0.2, 0.25) is 0 Å². The Labute approximate surface area is 259 Å². The molecule has 2 nitrogen and oxygen atoms in total. The van der Waals surface area contributed by atoms with Gasteiger partial charge in [0.15, 0.2) is 0 Å². The lowest BCUT2D eigenvalue weighted by Gasteiger charge is -2.14. The molecule has 0 N–H and O–H groups in total. The molecule has 2 heteroatoms. The average molecular weight is 574 g/mol. The molecule has 0 aliphatic carbocycles. The molecule has 1 atom stereocenters. The van der Waals surface area contributed by atoms with Crippen molar-refractivity contribution in [1.29, 1.82) is 0 Å². The summed E-state index contributed by atoms with van der Waals surface area (Å²) >= 11 is 0. The second-order valence-electron chi connectivity index (χ2n) is 13.9. The van der Waals surface area contributed by atoms with E-state index in [1.807, 2.05) is 0 Å². The zero-order valence-corrected chi connectivity index (χ0v) is 29.2. The number of nitrogens with zero attached hydrogens (tertiary/aromatic N) is 2. The molecule has 1 unspecified atom stereocenters. The van der Waals surface area contributed by atoms with E-state index in [1.54, 1.807) is 5.82 Å². The maximum Gasteiger partial charge on any atom is 0.259 e. The highest BCUT2D eigenvalue weighted by Gasteiger charge is 2.23. The maximum atomic E-state index is 2.61. The second kappa shape index (κ2) is 28.0. The lowest BCUT2D eigenvalue weighted by atomic mass is 10.0. The first-order valence-corrected chi connectivity index (χ1v) is 19.2. The summed E-state index contributed by atoms with van der Waals surface area (Å²) in [5.74, 6) is 2.13. The van der Waals surface area contributed by atoms with Crippen LogP contribution in [0.25, 0.3) is 0 Å². The lowest BCUT2D eigenvalue weighted by molar-refractivity contribution is -0.727. The first-order chi connectivity index (χ1) is 20.1. The van der Waals surface area contributed by atoms with Crippen LogP contribution >= 0.6 is 0 Å². The highest BCUT2D eigenvalue weighted by Crippen LogP contribution is 2.19. The first kappa shape index (κ1) is 38.2. The molecular formula is C39H77N2+. The number of unbranched alkanes of at least 4 members (excludes halogenated alkanes) is 25. The van der Waals surface area contributed by atoms with Crippen LogP contribution in [0.1, 0.15) is 232 Å². The molecule has 0 fully saturated rings. The molecule has 0 saturated carbocycles. The highest BCUT2D eigenvalue weighted by atomic mass is 15.2.